The maximum absolute atomic E-state index is 12.8. The van der Waals surface area contributed by atoms with Gasteiger partial charge in [-0.1, -0.05) is 54.1 Å². The smallest absolute Gasteiger partial charge is 0.307 e. The summed E-state index contributed by atoms with van der Waals surface area (Å²) in [5, 5.41) is 12.5. The molecule has 0 fully saturated rings. The summed E-state index contributed by atoms with van der Waals surface area (Å²) in [6.45, 7) is 0. The first-order valence-corrected chi connectivity index (χ1v) is 8.93. The number of halogens is 1. The number of carbonyl (C=O) groups is 3. The zero-order chi connectivity index (χ0) is 19.4. The molecule has 5 nitrogen and oxygen atoms in total. The number of hydrogen-bond acceptors (Lipinski definition) is 3. The van der Waals surface area contributed by atoms with Crippen LogP contribution < -0.4 is 5.32 Å². The molecule has 0 bridgehead atoms. The molecule has 0 unspecified atom stereocenters. The third kappa shape index (κ3) is 4.26. The molecule has 138 valence electrons. The largest absolute Gasteiger partial charge is 0.481 e. The van der Waals surface area contributed by atoms with Crippen LogP contribution in [0, 0.1) is 11.8 Å². The Morgan fingerprint density at radius 1 is 0.963 bits per heavy atom. The summed E-state index contributed by atoms with van der Waals surface area (Å²) in [4.78, 5) is 37.0. The fourth-order valence-corrected chi connectivity index (χ4v) is 3.33. The Balaban J connectivity index is 1.89. The Kier molecular flexibility index (Phi) is 5.72. The maximum atomic E-state index is 12.8. The Hall–Kier alpha value is -2.92. The van der Waals surface area contributed by atoms with Gasteiger partial charge in [0.15, 0.2) is 5.78 Å². The lowest BCUT2D eigenvalue weighted by atomic mass is 9.82. The third-order valence-electron chi connectivity index (χ3n) is 4.61. The molecule has 0 aliphatic heterocycles. The average Bonchev–Trinajstić information content (AvgIpc) is 2.69. The van der Waals surface area contributed by atoms with E-state index < -0.39 is 23.7 Å². The van der Waals surface area contributed by atoms with Gasteiger partial charge < -0.3 is 10.4 Å². The number of carboxylic acids is 1. The lowest BCUT2D eigenvalue weighted by Crippen LogP contribution is -2.35. The molecule has 0 saturated carbocycles. The Labute approximate surface area is 161 Å². The van der Waals surface area contributed by atoms with Crippen LogP contribution in [0.5, 0.6) is 0 Å². The molecular weight excluding hydrogens is 366 g/mol. The van der Waals surface area contributed by atoms with E-state index >= 15 is 0 Å². The van der Waals surface area contributed by atoms with Crippen molar-refractivity contribution in [3.8, 4) is 0 Å². The van der Waals surface area contributed by atoms with E-state index in [9.17, 15) is 19.5 Å². The molecule has 27 heavy (non-hydrogen) atoms. The van der Waals surface area contributed by atoms with Crippen molar-refractivity contribution >= 4 is 34.9 Å². The zero-order valence-electron chi connectivity index (χ0n) is 14.4. The number of anilines is 1. The quantitative estimate of drug-likeness (QED) is 0.599. The fraction of sp³-hybridized carbons (Fsp3) is 0.190. The normalized spacial score (nSPS) is 18.7. The number of amides is 1. The van der Waals surface area contributed by atoms with Gasteiger partial charge in [-0.3, -0.25) is 14.4 Å². The van der Waals surface area contributed by atoms with E-state index in [1.54, 1.807) is 48.5 Å². The summed E-state index contributed by atoms with van der Waals surface area (Å²) in [6.07, 6.45) is 4.24. The SMILES string of the molecule is O=C(c1ccccc1)c1cc(Cl)ccc1NC(=O)[C@@H]1CC=CC[C@@H]1C(=O)O. The Morgan fingerprint density at radius 3 is 2.30 bits per heavy atom. The first-order valence-electron chi connectivity index (χ1n) is 8.55. The molecule has 0 heterocycles. The molecule has 3 rings (SSSR count). The van der Waals surface area contributed by atoms with E-state index in [0.717, 1.165) is 0 Å². The van der Waals surface area contributed by atoms with Crippen LogP contribution in [0.2, 0.25) is 5.02 Å². The average molecular weight is 384 g/mol. The highest BCUT2D eigenvalue weighted by Gasteiger charge is 2.34. The van der Waals surface area contributed by atoms with Crippen molar-refractivity contribution in [2.45, 2.75) is 12.8 Å². The van der Waals surface area contributed by atoms with Crippen molar-refractivity contribution in [2.75, 3.05) is 5.32 Å². The van der Waals surface area contributed by atoms with Gasteiger partial charge in [-0.2, -0.15) is 0 Å². The molecule has 1 aliphatic carbocycles. The van der Waals surface area contributed by atoms with E-state index in [2.05, 4.69) is 5.32 Å². The van der Waals surface area contributed by atoms with Gasteiger partial charge in [0.1, 0.15) is 0 Å². The Bertz CT molecular complexity index is 908. The molecule has 0 radical (unpaired) electrons. The van der Waals surface area contributed by atoms with Gasteiger partial charge in [-0.05, 0) is 31.0 Å². The summed E-state index contributed by atoms with van der Waals surface area (Å²) in [5.74, 6) is -3.17. The van der Waals surface area contributed by atoms with Crippen LogP contribution in [-0.4, -0.2) is 22.8 Å². The minimum atomic E-state index is -1.00. The highest BCUT2D eigenvalue weighted by molar-refractivity contribution is 6.31. The van der Waals surface area contributed by atoms with E-state index in [1.807, 2.05) is 6.08 Å². The summed E-state index contributed by atoms with van der Waals surface area (Å²) in [5.41, 5.74) is 1.05. The lowest BCUT2D eigenvalue weighted by Gasteiger charge is -2.24. The van der Waals surface area contributed by atoms with Gasteiger partial charge in [0.2, 0.25) is 5.91 Å². The third-order valence-corrected chi connectivity index (χ3v) is 4.84. The standard InChI is InChI=1S/C21H18ClNO4/c22-14-10-11-18(17(12-14)19(24)13-6-2-1-3-7-13)23-20(25)15-8-4-5-9-16(15)21(26)27/h1-7,10-12,15-16H,8-9H2,(H,23,25)(H,26,27)/t15-,16+/m1/s1. The number of carbonyl (C=O) groups excluding carboxylic acids is 2. The van der Waals surface area contributed by atoms with Crippen molar-refractivity contribution in [3.63, 3.8) is 0 Å². The highest BCUT2D eigenvalue weighted by Crippen LogP contribution is 2.29. The number of ketones is 1. The van der Waals surface area contributed by atoms with Crippen molar-refractivity contribution in [1.82, 2.24) is 0 Å². The summed E-state index contributed by atoms with van der Waals surface area (Å²) in [7, 11) is 0. The topological polar surface area (TPSA) is 83.5 Å². The second kappa shape index (κ2) is 8.18. The van der Waals surface area contributed by atoms with Crippen molar-refractivity contribution in [2.24, 2.45) is 11.8 Å². The monoisotopic (exact) mass is 383 g/mol. The van der Waals surface area contributed by atoms with Crippen molar-refractivity contribution < 1.29 is 19.5 Å². The van der Waals surface area contributed by atoms with Gasteiger partial charge in [-0.25, -0.2) is 0 Å². The van der Waals surface area contributed by atoms with Gasteiger partial charge in [0, 0.05) is 16.1 Å². The molecule has 2 N–H and O–H groups in total. The van der Waals surface area contributed by atoms with E-state index in [4.69, 9.17) is 11.6 Å². The summed E-state index contributed by atoms with van der Waals surface area (Å²) >= 11 is 6.05. The van der Waals surface area contributed by atoms with Crippen molar-refractivity contribution in [1.29, 1.82) is 0 Å². The maximum Gasteiger partial charge on any atom is 0.307 e. The minimum Gasteiger partial charge on any atom is -0.481 e. The second-order valence-electron chi connectivity index (χ2n) is 6.37. The van der Waals surface area contributed by atoms with Gasteiger partial charge in [0.25, 0.3) is 0 Å². The second-order valence-corrected chi connectivity index (χ2v) is 6.80. The van der Waals surface area contributed by atoms with Crippen LogP contribution in [-0.2, 0) is 9.59 Å². The summed E-state index contributed by atoms with van der Waals surface area (Å²) < 4.78 is 0. The number of allylic oxidation sites excluding steroid dienone is 2. The molecule has 0 saturated heterocycles. The lowest BCUT2D eigenvalue weighted by molar-refractivity contribution is -0.146. The molecule has 1 amide bonds. The first-order chi connectivity index (χ1) is 13.0. The molecule has 1 aliphatic rings. The summed E-state index contributed by atoms with van der Waals surface area (Å²) in [6, 6.07) is 13.3. The van der Waals surface area contributed by atoms with Crippen LogP contribution >= 0.6 is 11.6 Å². The number of benzene rings is 2. The number of nitrogens with one attached hydrogen (secondary N) is 1. The molecule has 6 heteroatoms. The predicted molar refractivity (Wildman–Crippen MR) is 103 cm³/mol. The van der Waals surface area contributed by atoms with Gasteiger partial charge in [-0.15, -0.1) is 0 Å². The van der Waals surface area contributed by atoms with Crippen molar-refractivity contribution in [3.05, 3.63) is 76.8 Å². The van der Waals surface area contributed by atoms with E-state index in [0.29, 0.717) is 29.1 Å². The van der Waals surface area contributed by atoms with Gasteiger partial charge >= 0.3 is 5.97 Å². The molecule has 0 aromatic heterocycles. The number of rotatable bonds is 5. The number of hydrogen-bond donors (Lipinski definition) is 2. The van der Waals surface area contributed by atoms with Crippen LogP contribution in [0.4, 0.5) is 5.69 Å². The molecule has 2 aromatic carbocycles. The minimum absolute atomic E-state index is 0.264. The van der Waals surface area contributed by atoms with Gasteiger partial charge in [0.05, 0.1) is 17.5 Å². The van der Waals surface area contributed by atoms with Crippen LogP contribution in [0.3, 0.4) is 0 Å². The number of aliphatic carboxylic acids is 1. The molecule has 2 atom stereocenters. The van der Waals surface area contributed by atoms with E-state index in [-0.39, 0.29) is 11.3 Å². The predicted octanol–water partition coefficient (Wildman–Crippen LogP) is 4.18. The van der Waals surface area contributed by atoms with Crippen LogP contribution in [0.1, 0.15) is 28.8 Å². The van der Waals surface area contributed by atoms with Crippen LogP contribution in [0.25, 0.3) is 0 Å². The molecule has 0 spiro atoms. The highest BCUT2D eigenvalue weighted by atomic mass is 35.5. The molecular formula is C21H18ClNO4. The fourth-order valence-electron chi connectivity index (χ4n) is 3.16. The number of carboxylic acid groups (broad SMARTS) is 1. The van der Waals surface area contributed by atoms with E-state index in [1.165, 1.54) is 6.07 Å². The van der Waals surface area contributed by atoms with Crippen LogP contribution in [0.15, 0.2) is 60.7 Å². The Morgan fingerprint density at radius 2 is 1.63 bits per heavy atom. The zero-order valence-corrected chi connectivity index (χ0v) is 15.1. The first kappa shape index (κ1) is 18.9. The molecule has 2 aromatic rings.